The van der Waals surface area contributed by atoms with Crippen molar-refractivity contribution >= 4 is 28.9 Å². The van der Waals surface area contributed by atoms with Crippen LogP contribution in [-0.4, -0.2) is 26.0 Å². The molecule has 0 aliphatic carbocycles. The first kappa shape index (κ1) is 14.2. The number of aromatic carboxylic acids is 1. The van der Waals surface area contributed by atoms with Crippen LogP contribution in [0.2, 0.25) is 0 Å². The number of hydrogen-bond acceptors (Lipinski definition) is 6. The van der Waals surface area contributed by atoms with E-state index in [0.29, 0.717) is 5.95 Å². The summed E-state index contributed by atoms with van der Waals surface area (Å²) in [6, 6.07) is 8.24. The van der Waals surface area contributed by atoms with E-state index in [9.17, 15) is 4.79 Å². The lowest BCUT2D eigenvalue weighted by molar-refractivity contribution is 0.0697. The number of benzene rings is 1. The highest BCUT2D eigenvalue weighted by Gasteiger charge is 2.06. The van der Waals surface area contributed by atoms with Crippen molar-refractivity contribution in [3.63, 3.8) is 0 Å². The van der Waals surface area contributed by atoms with Gasteiger partial charge in [-0.1, -0.05) is 0 Å². The van der Waals surface area contributed by atoms with E-state index in [4.69, 9.17) is 5.11 Å². The van der Waals surface area contributed by atoms with Crippen LogP contribution in [-0.2, 0) is 0 Å². The summed E-state index contributed by atoms with van der Waals surface area (Å²) in [6.07, 6.45) is 3.46. The molecule has 3 aromatic rings. The Morgan fingerprint density at radius 2 is 1.95 bits per heavy atom. The summed E-state index contributed by atoms with van der Waals surface area (Å²) in [5.41, 5.74) is 1.76. The lowest BCUT2D eigenvalue weighted by Gasteiger charge is -2.06. The third-order valence-electron chi connectivity index (χ3n) is 2.92. The van der Waals surface area contributed by atoms with Crippen molar-refractivity contribution < 1.29 is 9.90 Å². The lowest BCUT2D eigenvalue weighted by atomic mass is 10.2. The van der Waals surface area contributed by atoms with Crippen molar-refractivity contribution in [2.45, 2.75) is 6.92 Å². The predicted octanol–water partition coefficient (Wildman–Crippen LogP) is 3.35. The van der Waals surface area contributed by atoms with Crippen LogP contribution in [0, 0.1) is 6.92 Å². The molecular weight excluding hydrogens is 300 g/mol. The highest BCUT2D eigenvalue weighted by Crippen LogP contribution is 2.24. The van der Waals surface area contributed by atoms with Crippen molar-refractivity contribution in [3.05, 3.63) is 53.3 Å². The smallest absolute Gasteiger partial charge is 0.335 e. The van der Waals surface area contributed by atoms with Crippen molar-refractivity contribution in [3.8, 4) is 10.6 Å². The molecule has 0 aliphatic rings. The van der Waals surface area contributed by atoms with E-state index in [1.807, 2.05) is 13.0 Å². The van der Waals surface area contributed by atoms with Crippen molar-refractivity contribution in [2.75, 3.05) is 5.32 Å². The zero-order valence-corrected chi connectivity index (χ0v) is 12.5. The van der Waals surface area contributed by atoms with Crippen LogP contribution >= 0.6 is 11.3 Å². The Morgan fingerprint density at radius 3 is 2.59 bits per heavy atom. The number of nitrogens with one attached hydrogen (secondary N) is 1. The van der Waals surface area contributed by atoms with Gasteiger partial charge in [-0.2, -0.15) is 0 Å². The maximum atomic E-state index is 10.8. The van der Waals surface area contributed by atoms with Crippen LogP contribution in [0.4, 0.5) is 11.6 Å². The van der Waals surface area contributed by atoms with Gasteiger partial charge in [-0.05, 0) is 37.3 Å². The molecule has 0 saturated heterocycles. The average Bonchev–Trinajstić information content (AvgIpc) is 2.95. The topological polar surface area (TPSA) is 88.0 Å². The van der Waals surface area contributed by atoms with Crippen LogP contribution in [0.15, 0.2) is 42.7 Å². The number of aromatic nitrogens is 3. The van der Waals surface area contributed by atoms with E-state index in [2.05, 4.69) is 20.3 Å². The normalized spacial score (nSPS) is 10.4. The number of hydrogen-bond donors (Lipinski definition) is 2. The number of anilines is 2. The second-order valence-electron chi connectivity index (χ2n) is 4.52. The minimum Gasteiger partial charge on any atom is -0.478 e. The number of aryl methyl sites for hydroxylation is 1. The van der Waals surface area contributed by atoms with E-state index in [0.717, 1.165) is 21.3 Å². The summed E-state index contributed by atoms with van der Waals surface area (Å²) in [7, 11) is 0. The van der Waals surface area contributed by atoms with Gasteiger partial charge in [0.25, 0.3) is 0 Å². The van der Waals surface area contributed by atoms with E-state index in [1.54, 1.807) is 35.9 Å². The molecule has 2 aromatic heterocycles. The van der Waals surface area contributed by atoms with Gasteiger partial charge in [-0.3, -0.25) is 0 Å². The highest BCUT2D eigenvalue weighted by atomic mass is 32.1. The summed E-state index contributed by atoms with van der Waals surface area (Å²) < 4.78 is 0. The molecule has 3 rings (SSSR count). The predicted molar refractivity (Wildman–Crippen MR) is 84.6 cm³/mol. The molecule has 0 unspecified atom stereocenters. The molecule has 2 heterocycles. The van der Waals surface area contributed by atoms with E-state index >= 15 is 0 Å². The van der Waals surface area contributed by atoms with Crippen molar-refractivity contribution in [2.24, 2.45) is 0 Å². The van der Waals surface area contributed by atoms with Gasteiger partial charge in [0.05, 0.1) is 21.1 Å². The summed E-state index contributed by atoms with van der Waals surface area (Å²) in [4.78, 5) is 24.6. The Balaban J connectivity index is 1.82. The fourth-order valence-electron chi connectivity index (χ4n) is 1.86. The van der Waals surface area contributed by atoms with Crippen molar-refractivity contribution in [1.29, 1.82) is 0 Å². The zero-order valence-electron chi connectivity index (χ0n) is 11.6. The number of nitrogens with zero attached hydrogens (tertiary/aromatic N) is 3. The number of carbonyl (C=O) groups is 1. The monoisotopic (exact) mass is 312 g/mol. The molecule has 7 heteroatoms. The summed E-state index contributed by atoms with van der Waals surface area (Å²) in [6.45, 7) is 1.94. The second kappa shape index (κ2) is 5.90. The van der Waals surface area contributed by atoms with Crippen LogP contribution in [0.1, 0.15) is 15.4 Å². The quantitative estimate of drug-likeness (QED) is 0.768. The Bertz CT molecular complexity index is 814. The molecule has 0 spiro atoms. The molecule has 0 bridgehead atoms. The van der Waals surface area contributed by atoms with Crippen LogP contribution in [0.3, 0.4) is 0 Å². The molecule has 0 fully saturated rings. The Hall–Kier alpha value is -2.80. The molecule has 0 aliphatic heterocycles. The minimum absolute atomic E-state index is 0.236. The molecule has 110 valence electrons. The summed E-state index contributed by atoms with van der Waals surface area (Å²) >= 11 is 1.57. The van der Waals surface area contributed by atoms with Crippen LogP contribution in [0.5, 0.6) is 0 Å². The standard InChI is InChI=1S/C15H12N4O2S/c1-9-17-8-13(22-9)12-6-7-16-15(19-12)18-11-4-2-10(3-5-11)14(20)21/h2-8H,1H3,(H,20,21)(H,16,18,19). The van der Waals surface area contributed by atoms with Gasteiger partial charge in [0.15, 0.2) is 0 Å². The third-order valence-corrected chi connectivity index (χ3v) is 3.85. The van der Waals surface area contributed by atoms with Crippen molar-refractivity contribution in [1.82, 2.24) is 15.0 Å². The summed E-state index contributed by atoms with van der Waals surface area (Å²) in [5, 5.41) is 12.9. The fraction of sp³-hybridized carbons (Fsp3) is 0.0667. The molecule has 22 heavy (non-hydrogen) atoms. The first-order valence-electron chi connectivity index (χ1n) is 6.48. The van der Waals surface area contributed by atoms with Gasteiger partial charge in [0, 0.05) is 18.1 Å². The maximum Gasteiger partial charge on any atom is 0.335 e. The van der Waals surface area contributed by atoms with Gasteiger partial charge in [0.2, 0.25) is 5.95 Å². The average molecular weight is 312 g/mol. The SMILES string of the molecule is Cc1ncc(-c2ccnc(Nc3ccc(C(=O)O)cc3)n2)s1. The minimum atomic E-state index is -0.953. The van der Waals surface area contributed by atoms with Gasteiger partial charge in [-0.15, -0.1) is 11.3 Å². The molecular formula is C15H12N4O2S. The Morgan fingerprint density at radius 1 is 1.18 bits per heavy atom. The highest BCUT2D eigenvalue weighted by molar-refractivity contribution is 7.15. The van der Waals surface area contributed by atoms with Crippen LogP contribution in [0.25, 0.3) is 10.6 Å². The Kier molecular flexibility index (Phi) is 3.80. The lowest BCUT2D eigenvalue weighted by Crippen LogP contribution is -1.99. The van der Waals surface area contributed by atoms with E-state index in [1.165, 1.54) is 12.1 Å². The molecule has 1 aromatic carbocycles. The third kappa shape index (κ3) is 3.09. The molecule has 0 amide bonds. The van der Waals surface area contributed by atoms with Gasteiger partial charge in [0.1, 0.15) is 0 Å². The molecule has 6 nitrogen and oxygen atoms in total. The Labute approximate surface area is 130 Å². The van der Waals surface area contributed by atoms with Gasteiger partial charge >= 0.3 is 5.97 Å². The molecule has 0 atom stereocenters. The first-order chi connectivity index (χ1) is 10.6. The number of thiazole rings is 1. The second-order valence-corrected chi connectivity index (χ2v) is 5.75. The van der Waals surface area contributed by atoms with Gasteiger partial charge in [-0.25, -0.2) is 19.7 Å². The molecule has 0 saturated carbocycles. The van der Waals surface area contributed by atoms with Crippen LogP contribution < -0.4 is 5.32 Å². The maximum absolute atomic E-state index is 10.8. The van der Waals surface area contributed by atoms with Gasteiger partial charge < -0.3 is 10.4 Å². The number of carboxylic acids is 1. The molecule has 2 N–H and O–H groups in total. The van der Waals surface area contributed by atoms with E-state index in [-0.39, 0.29) is 5.56 Å². The summed E-state index contributed by atoms with van der Waals surface area (Å²) in [5.74, 6) is -0.503. The first-order valence-corrected chi connectivity index (χ1v) is 7.30. The van der Waals surface area contributed by atoms with E-state index < -0.39 is 5.97 Å². The largest absolute Gasteiger partial charge is 0.478 e. The fourth-order valence-corrected chi connectivity index (χ4v) is 2.61. The number of rotatable bonds is 4. The number of carboxylic acid groups (broad SMARTS) is 1. The zero-order chi connectivity index (χ0) is 15.5. The molecule has 0 radical (unpaired) electrons.